The molecule has 1 atom stereocenters. The maximum atomic E-state index is 13.9. The zero-order chi connectivity index (χ0) is 17.5. The van der Waals surface area contributed by atoms with Crippen molar-refractivity contribution in [1.29, 1.82) is 0 Å². The van der Waals surface area contributed by atoms with Gasteiger partial charge in [-0.3, -0.25) is 10.1 Å². The number of benzene rings is 1. The number of aldehydes is 1. The van der Waals surface area contributed by atoms with E-state index in [2.05, 4.69) is 20.5 Å². The van der Waals surface area contributed by atoms with Crippen molar-refractivity contribution in [3.05, 3.63) is 66.2 Å². The number of rotatable bonds is 8. The standard InChI is InChI=1S/C19H19FN4O/c20-17-4-2-1-3-16(17)14(8-12-25)7-11-22-19-13-18(23-24-19)15-5-9-21-10-6-15/h1-6,9-10,12-14H,7-8,11H2,(H2,22,23,24). The molecule has 5 nitrogen and oxygen atoms in total. The summed E-state index contributed by atoms with van der Waals surface area (Å²) in [5.41, 5.74) is 2.47. The van der Waals surface area contributed by atoms with Gasteiger partial charge < -0.3 is 10.1 Å². The largest absolute Gasteiger partial charge is 0.369 e. The van der Waals surface area contributed by atoms with E-state index < -0.39 is 0 Å². The van der Waals surface area contributed by atoms with Gasteiger partial charge in [0.25, 0.3) is 0 Å². The SMILES string of the molecule is O=CCC(CCNc1cc(-c2ccncc2)[nH]n1)c1ccccc1F. The predicted molar refractivity (Wildman–Crippen MR) is 94.7 cm³/mol. The molecule has 0 bridgehead atoms. The van der Waals surface area contributed by atoms with E-state index in [1.807, 2.05) is 18.2 Å². The van der Waals surface area contributed by atoms with Crippen LogP contribution in [0, 0.1) is 5.82 Å². The van der Waals surface area contributed by atoms with Crippen LogP contribution >= 0.6 is 0 Å². The number of halogens is 1. The van der Waals surface area contributed by atoms with Crippen molar-refractivity contribution in [2.24, 2.45) is 0 Å². The Balaban J connectivity index is 1.60. The Morgan fingerprint density at radius 1 is 1.20 bits per heavy atom. The molecule has 1 unspecified atom stereocenters. The topological polar surface area (TPSA) is 70.7 Å². The molecule has 1 aromatic carbocycles. The van der Waals surface area contributed by atoms with E-state index in [-0.39, 0.29) is 11.7 Å². The number of aromatic nitrogens is 3. The Kier molecular flexibility index (Phi) is 5.51. The zero-order valence-corrected chi connectivity index (χ0v) is 13.7. The van der Waals surface area contributed by atoms with Crippen molar-refractivity contribution >= 4 is 12.1 Å². The summed E-state index contributed by atoms with van der Waals surface area (Å²) in [5.74, 6) is 0.295. The summed E-state index contributed by atoms with van der Waals surface area (Å²) >= 11 is 0. The quantitative estimate of drug-likeness (QED) is 0.613. The molecule has 0 fully saturated rings. The van der Waals surface area contributed by atoms with Gasteiger partial charge in [-0.1, -0.05) is 18.2 Å². The number of nitrogens with zero attached hydrogens (tertiary/aromatic N) is 2. The van der Waals surface area contributed by atoms with Gasteiger partial charge in [0, 0.05) is 37.0 Å². The number of pyridine rings is 1. The van der Waals surface area contributed by atoms with E-state index in [9.17, 15) is 9.18 Å². The highest BCUT2D eigenvalue weighted by Crippen LogP contribution is 2.25. The van der Waals surface area contributed by atoms with Crippen LogP contribution in [0.3, 0.4) is 0 Å². The Hall–Kier alpha value is -3.02. The molecular weight excluding hydrogens is 319 g/mol. The highest BCUT2D eigenvalue weighted by atomic mass is 19.1. The molecule has 0 aliphatic rings. The van der Waals surface area contributed by atoms with E-state index in [1.165, 1.54) is 6.07 Å². The Bertz CT molecular complexity index is 819. The van der Waals surface area contributed by atoms with Crippen molar-refractivity contribution in [2.75, 3.05) is 11.9 Å². The number of carbonyl (C=O) groups excluding carboxylic acids is 1. The normalized spacial score (nSPS) is 11.9. The summed E-state index contributed by atoms with van der Waals surface area (Å²) < 4.78 is 13.9. The molecule has 2 heterocycles. The molecule has 0 spiro atoms. The molecule has 0 amide bonds. The average Bonchev–Trinajstić information content (AvgIpc) is 3.11. The van der Waals surface area contributed by atoms with E-state index in [0.717, 1.165) is 17.5 Å². The van der Waals surface area contributed by atoms with Crippen molar-refractivity contribution in [3.63, 3.8) is 0 Å². The predicted octanol–water partition coefficient (Wildman–Crippen LogP) is 3.79. The third kappa shape index (κ3) is 4.29. The van der Waals surface area contributed by atoms with Gasteiger partial charge in [0.1, 0.15) is 17.9 Å². The molecule has 0 saturated heterocycles. The summed E-state index contributed by atoms with van der Waals surface area (Å²) in [6, 6.07) is 12.3. The second-order valence-electron chi connectivity index (χ2n) is 5.74. The zero-order valence-electron chi connectivity index (χ0n) is 13.7. The summed E-state index contributed by atoms with van der Waals surface area (Å²) in [4.78, 5) is 14.9. The van der Waals surface area contributed by atoms with Gasteiger partial charge in [-0.15, -0.1) is 0 Å². The van der Waals surface area contributed by atoms with Crippen molar-refractivity contribution in [2.45, 2.75) is 18.8 Å². The van der Waals surface area contributed by atoms with Crippen molar-refractivity contribution in [3.8, 4) is 11.3 Å². The number of carbonyl (C=O) groups is 1. The fourth-order valence-electron chi connectivity index (χ4n) is 2.79. The van der Waals surface area contributed by atoms with Crippen LogP contribution in [0.25, 0.3) is 11.3 Å². The molecular formula is C19H19FN4O. The minimum absolute atomic E-state index is 0.148. The lowest BCUT2D eigenvalue weighted by Crippen LogP contribution is -2.10. The van der Waals surface area contributed by atoms with Crippen LogP contribution in [0.15, 0.2) is 54.9 Å². The first-order chi connectivity index (χ1) is 12.3. The first-order valence-corrected chi connectivity index (χ1v) is 8.15. The summed E-state index contributed by atoms with van der Waals surface area (Å²) in [6.45, 7) is 0.591. The Labute approximate surface area is 145 Å². The molecule has 0 saturated carbocycles. The van der Waals surface area contributed by atoms with Crippen LogP contribution < -0.4 is 5.32 Å². The first kappa shape index (κ1) is 16.8. The van der Waals surface area contributed by atoms with Gasteiger partial charge >= 0.3 is 0 Å². The lowest BCUT2D eigenvalue weighted by molar-refractivity contribution is -0.108. The third-order valence-corrected chi connectivity index (χ3v) is 4.09. The van der Waals surface area contributed by atoms with E-state index >= 15 is 0 Å². The van der Waals surface area contributed by atoms with Gasteiger partial charge in [-0.25, -0.2) is 4.39 Å². The highest BCUT2D eigenvalue weighted by Gasteiger charge is 2.15. The van der Waals surface area contributed by atoms with E-state index in [4.69, 9.17) is 0 Å². The highest BCUT2D eigenvalue weighted by molar-refractivity contribution is 5.61. The molecule has 0 aliphatic heterocycles. The van der Waals surface area contributed by atoms with Crippen molar-refractivity contribution < 1.29 is 9.18 Å². The van der Waals surface area contributed by atoms with Crippen LogP contribution in [0.4, 0.5) is 10.2 Å². The molecule has 0 radical (unpaired) electrons. The molecule has 0 aliphatic carbocycles. The number of aromatic amines is 1. The fourth-order valence-corrected chi connectivity index (χ4v) is 2.79. The number of hydrogen-bond acceptors (Lipinski definition) is 4. The molecule has 2 aromatic heterocycles. The van der Waals surface area contributed by atoms with Gasteiger partial charge in [0.2, 0.25) is 0 Å². The lowest BCUT2D eigenvalue weighted by atomic mass is 9.92. The van der Waals surface area contributed by atoms with Crippen LogP contribution in [-0.2, 0) is 4.79 Å². The second-order valence-corrected chi connectivity index (χ2v) is 5.74. The number of anilines is 1. The maximum Gasteiger partial charge on any atom is 0.148 e. The minimum Gasteiger partial charge on any atom is -0.369 e. The van der Waals surface area contributed by atoms with Crippen molar-refractivity contribution in [1.82, 2.24) is 15.2 Å². The van der Waals surface area contributed by atoms with E-state index in [0.29, 0.717) is 30.8 Å². The number of hydrogen-bond donors (Lipinski definition) is 2. The summed E-state index contributed by atoms with van der Waals surface area (Å²) in [6.07, 6.45) is 5.22. The third-order valence-electron chi connectivity index (χ3n) is 4.09. The maximum absolute atomic E-state index is 13.9. The van der Waals surface area contributed by atoms with Crippen LogP contribution in [0.1, 0.15) is 24.3 Å². The number of nitrogens with one attached hydrogen (secondary N) is 2. The van der Waals surface area contributed by atoms with Crippen LogP contribution in [0.5, 0.6) is 0 Å². The van der Waals surface area contributed by atoms with Gasteiger partial charge in [-0.05, 0) is 36.1 Å². The molecule has 128 valence electrons. The minimum atomic E-state index is -0.269. The summed E-state index contributed by atoms with van der Waals surface area (Å²) in [5, 5.41) is 10.4. The fraction of sp³-hybridized carbons (Fsp3) is 0.211. The first-order valence-electron chi connectivity index (χ1n) is 8.15. The molecule has 3 rings (SSSR count). The summed E-state index contributed by atoms with van der Waals surface area (Å²) in [7, 11) is 0. The van der Waals surface area contributed by atoms with Crippen LogP contribution in [0.2, 0.25) is 0 Å². The Morgan fingerprint density at radius 2 is 2.00 bits per heavy atom. The monoisotopic (exact) mass is 338 g/mol. The van der Waals surface area contributed by atoms with Gasteiger partial charge in [0.05, 0.1) is 5.69 Å². The molecule has 25 heavy (non-hydrogen) atoms. The lowest BCUT2D eigenvalue weighted by Gasteiger charge is -2.15. The van der Waals surface area contributed by atoms with Crippen LogP contribution in [-0.4, -0.2) is 28.0 Å². The smallest absolute Gasteiger partial charge is 0.148 e. The van der Waals surface area contributed by atoms with E-state index in [1.54, 1.807) is 30.6 Å². The van der Waals surface area contributed by atoms with Gasteiger partial charge in [-0.2, -0.15) is 5.10 Å². The molecule has 6 heteroatoms. The number of H-pyrrole nitrogens is 1. The second kappa shape index (κ2) is 8.19. The van der Waals surface area contributed by atoms with Gasteiger partial charge in [0.15, 0.2) is 0 Å². The molecule has 3 aromatic rings. The molecule has 2 N–H and O–H groups in total. The Morgan fingerprint density at radius 3 is 2.76 bits per heavy atom. The average molecular weight is 338 g/mol.